The molecule has 0 aromatic carbocycles. The molecule has 0 saturated heterocycles. The normalized spacial score (nSPS) is 22.2. The highest BCUT2D eigenvalue weighted by Crippen LogP contribution is 2.22. The number of aryl methyl sites for hydroxylation is 1. The third-order valence-corrected chi connectivity index (χ3v) is 3.85. The Morgan fingerprint density at radius 2 is 2.05 bits per heavy atom. The highest BCUT2D eigenvalue weighted by molar-refractivity contribution is 6.29. The summed E-state index contributed by atoms with van der Waals surface area (Å²) in [4.78, 5) is 8.66. The first-order valence-electron chi connectivity index (χ1n) is 7.12. The van der Waals surface area contributed by atoms with E-state index in [-0.39, 0.29) is 6.10 Å². The molecular weight excluding hydrogens is 290 g/mol. The molecule has 1 saturated carbocycles. The summed E-state index contributed by atoms with van der Waals surface area (Å²) in [6, 6.07) is 3.92. The van der Waals surface area contributed by atoms with Crippen molar-refractivity contribution in [3.8, 4) is 5.95 Å². The molecule has 0 radical (unpaired) electrons. The summed E-state index contributed by atoms with van der Waals surface area (Å²) in [5.74, 6) is 1.15. The van der Waals surface area contributed by atoms with Crippen LogP contribution in [0.2, 0.25) is 5.15 Å². The monoisotopic (exact) mass is 307 g/mol. The molecule has 0 unspecified atom stereocenters. The van der Waals surface area contributed by atoms with E-state index in [4.69, 9.17) is 11.6 Å². The van der Waals surface area contributed by atoms with Gasteiger partial charge < -0.3 is 10.4 Å². The molecule has 2 aromatic heterocycles. The van der Waals surface area contributed by atoms with E-state index in [0.29, 0.717) is 23.0 Å². The maximum Gasteiger partial charge on any atom is 0.253 e. The maximum absolute atomic E-state index is 9.55. The molecule has 0 spiro atoms. The third-order valence-electron chi connectivity index (χ3n) is 3.66. The van der Waals surface area contributed by atoms with Crippen molar-refractivity contribution < 1.29 is 5.11 Å². The molecule has 1 fully saturated rings. The highest BCUT2D eigenvalue weighted by Gasteiger charge is 2.20. The summed E-state index contributed by atoms with van der Waals surface area (Å²) in [5.41, 5.74) is 0.898. The fourth-order valence-electron chi connectivity index (χ4n) is 2.54. The number of aromatic nitrogens is 4. The molecule has 2 heterocycles. The van der Waals surface area contributed by atoms with Crippen molar-refractivity contribution >= 4 is 17.4 Å². The van der Waals surface area contributed by atoms with Crippen LogP contribution in [0.15, 0.2) is 18.3 Å². The molecule has 21 heavy (non-hydrogen) atoms. The van der Waals surface area contributed by atoms with Gasteiger partial charge in [0.05, 0.1) is 11.8 Å². The van der Waals surface area contributed by atoms with E-state index in [1.807, 2.05) is 19.2 Å². The summed E-state index contributed by atoms with van der Waals surface area (Å²) in [7, 11) is 0. The quantitative estimate of drug-likeness (QED) is 0.851. The number of nitrogens with zero attached hydrogens (tertiary/aromatic N) is 4. The van der Waals surface area contributed by atoms with Gasteiger partial charge in [0.25, 0.3) is 5.95 Å². The Morgan fingerprint density at radius 3 is 2.71 bits per heavy atom. The van der Waals surface area contributed by atoms with Gasteiger partial charge in [-0.2, -0.15) is 15.1 Å². The number of aliphatic hydroxyl groups is 1. The van der Waals surface area contributed by atoms with Gasteiger partial charge in [-0.1, -0.05) is 11.6 Å². The first kappa shape index (κ1) is 14.3. The predicted molar refractivity (Wildman–Crippen MR) is 80.8 cm³/mol. The van der Waals surface area contributed by atoms with Crippen LogP contribution in [-0.2, 0) is 0 Å². The second-order valence-corrected chi connectivity index (χ2v) is 5.81. The lowest BCUT2D eigenvalue weighted by molar-refractivity contribution is 0.126. The molecule has 112 valence electrons. The zero-order valence-corrected chi connectivity index (χ0v) is 12.6. The Morgan fingerprint density at radius 1 is 1.29 bits per heavy atom. The molecule has 1 aliphatic rings. The van der Waals surface area contributed by atoms with Gasteiger partial charge in [0.15, 0.2) is 0 Å². The van der Waals surface area contributed by atoms with Gasteiger partial charge in [-0.3, -0.25) is 0 Å². The highest BCUT2D eigenvalue weighted by atomic mass is 35.5. The van der Waals surface area contributed by atoms with Crippen LogP contribution in [-0.4, -0.2) is 37.0 Å². The van der Waals surface area contributed by atoms with E-state index < -0.39 is 0 Å². The van der Waals surface area contributed by atoms with Crippen LogP contribution in [0.5, 0.6) is 0 Å². The average Bonchev–Trinajstić information content (AvgIpc) is 2.88. The number of hydrogen-bond acceptors (Lipinski definition) is 5. The third kappa shape index (κ3) is 3.51. The van der Waals surface area contributed by atoms with Gasteiger partial charge >= 0.3 is 0 Å². The van der Waals surface area contributed by atoms with Crippen molar-refractivity contribution in [2.24, 2.45) is 0 Å². The lowest BCUT2D eigenvalue weighted by Crippen LogP contribution is -2.28. The van der Waals surface area contributed by atoms with Crippen molar-refractivity contribution in [3.63, 3.8) is 0 Å². The first-order valence-corrected chi connectivity index (χ1v) is 7.50. The van der Waals surface area contributed by atoms with Gasteiger partial charge in [-0.15, -0.1) is 0 Å². The van der Waals surface area contributed by atoms with E-state index in [1.54, 1.807) is 10.7 Å². The van der Waals surface area contributed by atoms with Crippen LogP contribution in [0, 0.1) is 6.92 Å². The van der Waals surface area contributed by atoms with E-state index >= 15 is 0 Å². The Kier molecular flexibility index (Phi) is 4.07. The van der Waals surface area contributed by atoms with Crippen molar-refractivity contribution in [1.29, 1.82) is 0 Å². The summed E-state index contributed by atoms with van der Waals surface area (Å²) >= 11 is 6.08. The summed E-state index contributed by atoms with van der Waals surface area (Å²) in [6.07, 6.45) is 5.14. The SMILES string of the molecule is Cc1ccn(-c2nc(Cl)cc(NC3CCC(O)CC3)n2)n1. The predicted octanol–water partition coefficient (Wildman–Crippen LogP) is 2.34. The zero-order chi connectivity index (χ0) is 14.8. The van der Waals surface area contributed by atoms with Crippen LogP contribution in [0.1, 0.15) is 31.4 Å². The molecule has 0 atom stereocenters. The smallest absolute Gasteiger partial charge is 0.253 e. The fraction of sp³-hybridized carbons (Fsp3) is 0.500. The largest absolute Gasteiger partial charge is 0.393 e. The minimum Gasteiger partial charge on any atom is -0.393 e. The zero-order valence-electron chi connectivity index (χ0n) is 11.8. The number of anilines is 1. The number of aliphatic hydroxyl groups excluding tert-OH is 1. The lowest BCUT2D eigenvalue weighted by Gasteiger charge is -2.26. The van der Waals surface area contributed by atoms with Crippen molar-refractivity contribution in [1.82, 2.24) is 19.7 Å². The van der Waals surface area contributed by atoms with Crippen LogP contribution in [0.25, 0.3) is 5.95 Å². The van der Waals surface area contributed by atoms with Crippen LogP contribution in [0.4, 0.5) is 5.82 Å². The molecule has 0 aliphatic heterocycles. The van der Waals surface area contributed by atoms with E-state index in [0.717, 1.165) is 31.4 Å². The van der Waals surface area contributed by atoms with Gasteiger partial charge in [0, 0.05) is 18.3 Å². The number of rotatable bonds is 3. The molecule has 2 N–H and O–H groups in total. The van der Waals surface area contributed by atoms with E-state index in [2.05, 4.69) is 20.4 Å². The standard InChI is InChI=1S/C14H18ClN5O/c1-9-6-7-20(19-9)14-17-12(15)8-13(18-14)16-10-2-4-11(21)5-3-10/h6-8,10-11,21H,2-5H2,1H3,(H,16,17,18). The number of nitrogens with one attached hydrogen (secondary N) is 1. The average molecular weight is 308 g/mol. The minimum absolute atomic E-state index is 0.167. The fourth-order valence-corrected chi connectivity index (χ4v) is 2.72. The molecule has 6 nitrogen and oxygen atoms in total. The summed E-state index contributed by atoms with van der Waals surface area (Å²) in [6.45, 7) is 1.91. The second-order valence-electron chi connectivity index (χ2n) is 5.43. The molecular formula is C14H18ClN5O. The van der Waals surface area contributed by atoms with Crippen molar-refractivity contribution in [2.45, 2.75) is 44.8 Å². The van der Waals surface area contributed by atoms with Crippen molar-refractivity contribution in [2.75, 3.05) is 5.32 Å². The van der Waals surface area contributed by atoms with Gasteiger partial charge in [0.2, 0.25) is 0 Å². The van der Waals surface area contributed by atoms with Crippen LogP contribution in [0.3, 0.4) is 0 Å². The molecule has 7 heteroatoms. The van der Waals surface area contributed by atoms with Crippen LogP contribution >= 0.6 is 11.6 Å². The lowest BCUT2D eigenvalue weighted by atomic mass is 9.93. The Labute approximate surface area is 128 Å². The van der Waals surface area contributed by atoms with Crippen LogP contribution < -0.4 is 5.32 Å². The molecule has 3 rings (SSSR count). The van der Waals surface area contributed by atoms with E-state index in [9.17, 15) is 5.11 Å². The maximum atomic E-state index is 9.55. The Balaban J connectivity index is 1.78. The first-order chi connectivity index (χ1) is 10.1. The molecule has 0 bridgehead atoms. The molecule has 2 aromatic rings. The molecule has 0 amide bonds. The van der Waals surface area contributed by atoms with Gasteiger partial charge in [-0.25, -0.2) is 4.68 Å². The second kappa shape index (κ2) is 5.99. The van der Waals surface area contributed by atoms with Gasteiger partial charge in [0.1, 0.15) is 11.0 Å². The summed E-state index contributed by atoms with van der Waals surface area (Å²) in [5, 5.41) is 17.6. The number of halogens is 1. The Bertz CT molecular complexity index is 622. The number of hydrogen-bond donors (Lipinski definition) is 2. The van der Waals surface area contributed by atoms with Crippen molar-refractivity contribution in [3.05, 3.63) is 29.2 Å². The topological polar surface area (TPSA) is 75.9 Å². The van der Waals surface area contributed by atoms with Gasteiger partial charge in [-0.05, 0) is 38.7 Å². The Hall–Kier alpha value is -1.66. The molecule has 1 aliphatic carbocycles. The summed E-state index contributed by atoms with van der Waals surface area (Å²) < 4.78 is 1.61. The minimum atomic E-state index is -0.167. The van der Waals surface area contributed by atoms with E-state index in [1.165, 1.54) is 0 Å².